The highest BCUT2D eigenvalue weighted by Gasteiger charge is 2.37. The van der Waals surface area contributed by atoms with Crippen molar-refractivity contribution in [3.63, 3.8) is 0 Å². The van der Waals surface area contributed by atoms with Crippen LogP contribution in [0.5, 0.6) is 0 Å². The van der Waals surface area contributed by atoms with E-state index in [1.807, 2.05) is 0 Å². The maximum absolute atomic E-state index is 12.9. The van der Waals surface area contributed by atoms with E-state index in [9.17, 15) is 13.2 Å². The van der Waals surface area contributed by atoms with Crippen LogP contribution >= 0.6 is 0 Å². The highest BCUT2D eigenvalue weighted by Crippen LogP contribution is 2.30. The first-order valence-electron chi connectivity index (χ1n) is 11.5. The van der Waals surface area contributed by atoms with E-state index < -0.39 is 21.7 Å². The van der Waals surface area contributed by atoms with Crippen molar-refractivity contribution >= 4 is 33.1 Å². The second kappa shape index (κ2) is 10.9. The minimum absolute atomic E-state index is 0.0362. The molecule has 0 radical (unpaired) electrons. The maximum Gasteiger partial charge on any atom is 0.413 e. The van der Waals surface area contributed by atoms with Crippen molar-refractivity contribution in [2.45, 2.75) is 23.5 Å². The summed E-state index contributed by atoms with van der Waals surface area (Å²) in [6, 6.07) is 20.5. The van der Waals surface area contributed by atoms with Crippen molar-refractivity contribution in [2.24, 2.45) is 10.9 Å². The molecule has 3 aromatic carbocycles. The molecule has 1 fully saturated rings. The lowest BCUT2D eigenvalue weighted by Gasteiger charge is -2.38. The standard InChI is InChI=1S/C26H28N4O6S/c1-37(33,34)23-8-3-2-7-22(23)18-9-11-20(12-10-18)28-25(31)36-26(13-15-35-16-14-26)29-21-6-4-5-19(17-21)24(27)30-32/h2-12,17,29,32H,13-16H2,1H3,(H2,27,30)(H,28,31). The van der Waals surface area contributed by atoms with Crippen molar-refractivity contribution in [3.05, 3.63) is 78.4 Å². The molecule has 1 amide bonds. The highest BCUT2D eigenvalue weighted by atomic mass is 32.2. The number of rotatable bonds is 7. The summed E-state index contributed by atoms with van der Waals surface area (Å²) in [4.78, 5) is 13.1. The van der Waals surface area contributed by atoms with Gasteiger partial charge in [0.25, 0.3) is 0 Å². The molecule has 1 saturated heterocycles. The lowest BCUT2D eigenvalue weighted by atomic mass is 10.0. The molecule has 0 aliphatic carbocycles. The summed E-state index contributed by atoms with van der Waals surface area (Å²) in [5.41, 5.74) is 7.59. The molecule has 1 heterocycles. The van der Waals surface area contributed by atoms with Gasteiger partial charge in [-0.05, 0) is 35.9 Å². The third-order valence-corrected chi connectivity index (χ3v) is 7.11. The fourth-order valence-corrected chi connectivity index (χ4v) is 5.02. The number of anilines is 2. The van der Waals surface area contributed by atoms with Crippen molar-refractivity contribution in [3.8, 4) is 11.1 Å². The zero-order chi connectivity index (χ0) is 26.5. The van der Waals surface area contributed by atoms with E-state index in [1.165, 1.54) is 6.26 Å². The number of hydrogen-bond acceptors (Lipinski definition) is 8. The smallest absolute Gasteiger partial charge is 0.413 e. The minimum Gasteiger partial charge on any atom is -0.423 e. The summed E-state index contributed by atoms with van der Waals surface area (Å²) in [5, 5.41) is 18.0. The Morgan fingerprint density at radius 1 is 1.03 bits per heavy atom. The molecule has 37 heavy (non-hydrogen) atoms. The first-order chi connectivity index (χ1) is 17.7. The van der Waals surface area contributed by atoms with E-state index in [2.05, 4.69) is 15.8 Å². The molecule has 4 rings (SSSR count). The molecule has 0 atom stereocenters. The average Bonchev–Trinajstić information content (AvgIpc) is 2.88. The molecule has 3 aromatic rings. The number of nitrogens with one attached hydrogen (secondary N) is 2. The predicted octanol–water partition coefficient (Wildman–Crippen LogP) is 4.02. The summed E-state index contributed by atoms with van der Waals surface area (Å²) in [6.07, 6.45) is 1.33. The van der Waals surface area contributed by atoms with Gasteiger partial charge in [0.05, 0.1) is 18.1 Å². The van der Waals surface area contributed by atoms with Crippen LogP contribution in [0.25, 0.3) is 11.1 Å². The van der Waals surface area contributed by atoms with Gasteiger partial charge in [0.2, 0.25) is 0 Å². The van der Waals surface area contributed by atoms with Gasteiger partial charge in [0, 0.05) is 41.6 Å². The summed E-state index contributed by atoms with van der Waals surface area (Å²) < 4.78 is 35.6. The Morgan fingerprint density at radius 2 is 1.73 bits per heavy atom. The Labute approximate surface area is 215 Å². The number of carbonyl (C=O) groups excluding carboxylic acids is 1. The van der Waals surface area contributed by atoms with Crippen LogP contribution < -0.4 is 16.4 Å². The van der Waals surface area contributed by atoms with Crippen molar-refractivity contribution in [1.29, 1.82) is 0 Å². The second-order valence-corrected chi connectivity index (χ2v) is 10.6. The topological polar surface area (TPSA) is 152 Å². The first-order valence-corrected chi connectivity index (χ1v) is 13.4. The fourth-order valence-electron chi connectivity index (χ4n) is 4.11. The van der Waals surface area contributed by atoms with E-state index >= 15 is 0 Å². The molecule has 0 aromatic heterocycles. The Hall–Kier alpha value is -4.09. The lowest BCUT2D eigenvalue weighted by molar-refractivity contribution is -0.0495. The van der Waals surface area contributed by atoms with Crippen LogP contribution in [0.2, 0.25) is 0 Å². The predicted molar refractivity (Wildman–Crippen MR) is 140 cm³/mol. The second-order valence-electron chi connectivity index (χ2n) is 8.66. The number of sulfone groups is 1. The van der Waals surface area contributed by atoms with E-state index in [0.29, 0.717) is 54.1 Å². The van der Waals surface area contributed by atoms with Crippen LogP contribution in [0.15, 0.2) is 82.8 Å². The molecule has 194 valence electrons. The quantitative estimate of drug-likeness (QED) is 0.119. The first kappa shape index (κ1) is 26.0. The molecular formula is C26H28N4O6S. The lowest BCUT2D eigenvalue weighted by Crippen LogP contribution is -2.48. The molecular weight excluding hydrogens is 496 g/mol. The normalized spacial score (nSPS) is 15.5. The van der Waals surface area contributed by atoms with Crippen LogP contribution in [0.1, 0.15) is 18.4 Å². The summed E-state index contributed by atoms with van der Waals surface area (Å²) in [6.45, 7) is 0.795. The van der Waals surface area contributed by atoms with E-state index in [4.69, 9.17) is 20.4 Å². The number of oxime groups is 1. The van der Waals surface area contributed by atoms with Gasteiger partial charge in [-0.3, -0.25) is 5.32 Å². The van der Waals surface area contributed by atoms with Gasteiger partial charge in [0.1, 0.15) is 0 Å². The SMILES string of the molecule is CS(=O)(=O)c1ccccc1-c1ccc(NC(=O)OC2(Nc3cccc(C(N)=NO)c3)CCOCC2)cc1. The number of nitrogens with zero attached hydrogens (tertiary/aromatic N) is 1. The zero-order valence-corrected chi connectivity index (χ0v) is 21.0. The molecule has 0 spiro atoms. The van der Waals surface area contributed by atoms with Crippen LogP contribution in [0.3, 0.4) is 0 Å². The van der Waals surface area contributed by atoms with Gasteiger partial charge < -0.3 is 25.7 Å². The number of carbonyl (C=O) groups is 1. The van der Waals surface area contributed by atoms with E-state index in [-0.39, 0.29) is 10.7 Å². The van der Waals surface area contributed by atoms with Crippen molar-refractivity contribution < 1.29 is 27.9 Å². The number of amides is 1. The van der Waals surface area contributed by atoms with Gasteiger partial charge in [-0.1, -0.05) is 47.6 Å². The molecule has 1 aliphatic heterocycles. The molecule has 0 bridgehead atoms. The number of benzene rings is 3. The van der Waals surface area contributed by atoms with Crippen LogP contribution in [0.4, 0.5) is 16.2 Å². The Kier molecular flexibility index (Phi) is 7.65. The third-order valence-electron chi connectivity index (χ3n) is 5.96. The monoisotopic (exact) mass is 524 g/mol. The van der Waals surface area contributed by atoms with Gasteiger partial charge >= 0.3 is 6.09 Å². The highest BCUT2D eigenvalue weighted by molar-refractivity contribution is 7.90. The number of ether oxygens (including phenoxy) is 2. The van der Waals surface area contributed by atoms with Crippen LogP contribution in [-0.4, -0.2) is 50.7 Å². The van der Waals surface area contributed by atoms with Gasteiger partial charge in [0.15, 0.2) is 21.4 Å². The van der Waals surface area contributed by atoms with E-state index in [0.717, 1.165) is 0 Å². The largest absolute Gasteiger partial charge is 0.423 e. The number of hydrogen-bond donors (Lipinski definition) is 4. The molecule has 5 N–H and O–H groups in total. The molecule has 0 saturated carbocycles. The van der Waals surface area contributed by atoms with Crippen molar-refractivity contribution in [1.82, 2.24) is 0 Å². The zero-order valence-electron chi connectivity index (χ0n) is 20.2. The van der Waals surface area contributed by atoms with Crippen LogP contribution in [-0.2, 0) is 19.3 Å². The van der Waals surface area contributed by atoms with Crippen LogP contribution in [0, 0.1) is 0 Å². The summed E-state index contributed by atoms with van der Waals surface area (Å²) in [7, 11) is -3.40. The minimum atomic E-state index is -3.40. The third kappa shape index (κ3) is 6.38. The molecule has 0 unspecified atom stereocenters. The molecule has 1 aliphatic rings. The molecule has 11 heteroatoms. The number of nitrogens with two attached hydrogens (primary N) is 1. The van der Waals surface area contributed by atoms with Crippen molar-refractivity contribution in [2.75, 3.05) is 30.1 Å². The maximum atomic E-state index is 12.9. The van der Waals surface area contributed by atoms with Gasteiger partial charge in [-0.2, -0.15) is 0 Å². The Morgan fingerprint density at radius 3 is 2.41 bits per heavy atom. The fraction of sp³-hybridized carbons (Fsp3) is 0.231. The molecule has 10 nitrogen and oxygen atoms in total. The summed E-state index contributed by atoms with van der Waals surface area (Å²) >= 11 is 0. The van der Waals surface area contributed by atoms with Gasteiger partial charge in [-0.15, -0.1) is 0 Å². The average molecular weight is 525 g/mol. The Bertz CT molecular complexity index is 1400. The summed E-state index contributed by atoms with van der Waals surface area (Å²) in [5.74, 6) is -0.0362. The van der Waals surface area contributed by atoms with E-state index in [1.54, 1.807) is 72.8 Å². The van der Waals surface area contributed by atoms with Gasteiger partial charge in [-0.25, -0.2) is 13.2 Å². The number of amidine groups is 1. The Balaban J connectivity index is 1.49.